The minimum atomic E-state index is 0.308. The van der Waals surface area contributed by atoms with E-state index in [4.69, 9.17) is 0 Å². The van der Waals surface area contributed by atoms with Gasteiger partial charge in [0.05, 0.1) is 11.2 Å². The maximum absolute atomic E-state index is 9.87. The highest BCUT2D eigenvalue weighted by molar-refractivity contribution is 6.08. The molecule has 0 saturated carbocycles. The van der Waals surface area contributed by atoms with Gasteiger partial charge in [0.15, 0.2) is 0 Å². The number of aryl methyl sites for hydroxylation is 1. The number of nitrogens with zero attached hydrogens (tertiary/aromatic N) is 1. The average molecular weight is 198 g/mol. The van der Waals surface area contributed by atoms with Crippen LogP contribution < -0.4 is 0 Å². The number of fused-ring (bicyclic) bond motifs is 3. The zero-order valence-electron chi connectivity index (χ0n) is 8.28. The summed E-state index contributed by atoms with van der Waals surface area (Å²) in [6.07, 6.45) is 0. The number of aromatic amines is 1. The monoisotopic (exact) mass is 198 g/mol. The number of aromatic hydroxyl groups is 1. The zero-order chi connectivity index (χ0) is 10.4. The van der Waals surface area contributed by atoms with E-state index in [0.717, 1.165) is 27.4 Å². The van der Waals surface area contributed by atoms with Crippen LogP contribution in [0.5, 0.6) is 5.75 Å². The van der Waals surface area contributed by atoms with E-state index in [1.54, 1.807) is 6.07 Å². The molecule has 0 atom stereocenters. The minimum Gasteiger partial charge on any atom is -0.507 e. The number of H-pyrrole nitrogens is 1. The Hall–Kier alpha value is -2.03. The summed E-state index contributed by atoms with van der Waals surface area (Å²) in [7, 11) is 0. The predicted molar refractivity (Wildman–Crippen MR) is 60.0 cm³/mol. The Morgan fingerprint density at radius 2 is 1.87 bits per heavy atom. The largest absolute Gasteiger partial charge is 0.507 e. The van der Waals surface area contributed by atoms with Crippen LogP contribution in [0, 0.1) is 6.92 Å². The summed E-state index contributed by atoms with van der Waals surface area (Å²) in [5, 5.41) is 19.9. The molecule has 0 aliphatic heterocycles. The smallest absolute Gasteiger partial charge is 0.124 e. The Morgan fingerprint density at radius 3 is 2.67 bits per heavy atom. The highest BCUT2D eigenvalue weighted by Crippen LogP contribution is 2.32. The fourth-order valence-corrected chi connectivity index (χ4v) is 1.96. The number of hydrogen-bond acceptors (Lipinski definition) is 2. The summed E-state index contributed by atoms with van der Waals surface area (Å²) < 4.78 is 0. The number of nitrogens with one attached hydrogen (secondary N) is 1. The molecule has 1 heterocycles. The summed E-state index contributed by atoms with van der Waals surface area (Å²) in [5.41, 5.74) is 1.90. The second-order valence-corrected chi connectivity index (χ2v) is 3.67. The van der Waals surface area contributed by atoms with Crippen LogP contribution in [0.4, 0.5) is 0 Å². The molecule has 0 radical (unpaired) electrons. The molecule has 0 amide bonds. The lowest BCUT2D eigenvalue weighted by atomic mass is 10.1. The molecule has 0 bridgehead atoms. The molecule has 0 aliphatic rings. The van der Waals surface area contributed by atoms with Crippen LogP contribution >= 0.6 is 0 Å². The van der Waals surface area contributed by atoms with Crippen molar-refractivity contribution in [2.45, 2.75) is 6.92 Å². The number of hydrogen-bond donors (Lipinski definition) is 2. The lowest BCUT2D eigenvalue weighted by molar-refractivity contribution is 0.482. The van der Waals surface area contributed by atoms with Gasteiger partial charge in [-0.2, -0.15) is 5.10 Å². The molecule has 2 aromatic carbocycles. The predicted octanol–water partition coefficient (Wildman–Crippen LogP) is 2.73. The van der Waals surface area contributed by atoms with Crippen molar-refractivity contribution in [3.8, 4) is 5.75 Å². The molecule has 3 heteroatoms. The summed E-state index contributed by atoms with van der Waals surface area (Å²) in [5.74, 6) is 0.308. The topological polar surface area (TPSA) is 48.9 Å². The van der Waals surface area contributed by atoms with E-state index in [2.05, 4.69) is 10.2 Å². The third-order valence-electron chi connectivity index (χ3n) is 2.75. The molecular formula is C12H10N2O. The van der Waals surface area contributed by atoms with Gasteiger partial charge in [0.25, 0.3) is 0 Å². The maximum Gasteiger partial charge on any atom is 0.124 e. The molecule has 1 aromatic heterocycles. The average Bonchev–Trinajstić information content (AvgIpc) is 2.62. The first-order chi connectivity index (χ1) is 7.27. The number of phenols is 1. The van der Waals surface area contributed by atoms with E-state index < -0.39 is 0 Å². The van der Waals surface area contributed by atoms with Gasteiger partial charge in [-0.3, -0.25) is 5.10 Å². The summed E-state index contributed by atoms with van der Waals surface area (Å²) in [4.78, 5) is 0. The van der Waals surface area contributed by atoms with Crippen molar-refractivity contribution in [1.82, 2.24) is 10.2 Å². The van der Waals surface area contributed by atoms with Gasteiger partial charge in [0.2, 0.25) is 0 Å². The molecule has 0 unspecified atom stereocenters. The van der Waals surface area contributed by atoms with Crippen molar-refractivity contribution < 1.29 is 5.11 Å². The third-order valence-corrected chi connectivity index (χ3v) is 2.75. The molecule has 15 heavy (non-hydrogen) atoms. The zero-order valence-corrected chi connectivity index (χ0v) is 8.28. The highest BCUT2D eigenvalue weighted by atomic mass is 16.3. The van der Waals surface area contributed by atoms with Crippen molar-refractivity contribution >= 4 is 21.7 Å². The maximum atomic E-state index is 9.87. The van der Waals surface area contributed by atoms with Crippen LogP contribution in [0.2, 0.25) is 0 Å². The molecule has 0 aliphatic carbocycles. The normalized spacial score (nSPS) is 11.3. The van der Waals surface area contributed by atoms with Gasteiger partial charge in [-0.25, -0.2) is 0 Å². The van der Waals surface area contributed by atoms with Gasteiger partial charge in [-0.05, 0) is 13.0 Å². The van der Waals surface area contributed by atoms with Crippen molar-refractivity contribution in [2.24, 2.45) is 0 Å². The Morgan fingerprint density at radius 1 is 1.13 bits per heavy atom. The van der Waals surface area contributed by atoms with E-state index in [0.29, 0.717) is 5.75 Å². The number of rotatable bonds is 0. The standard InChI is InChI=1S/C12H10N2O/c1-7-10-6-11(15)8-4-2-3-5-9(8)12(10)14-13-7/h2-6,15H,1H3,(H,13,14). The molecule has 0 saturated heterocycles. The van der Waals surface area contributed by atoms with Crippen LogP contribution in [0.1, 0.15) is 5.69 Å². The molecular weight excluding hydrogens is 188 g/mol. The molecule has 3 nitrogen and oxygen atoms in total. The van der Waals surface area contributed by atoms with Gasteiger partial charge >= 0.3 is 0 Å². The first kappa shape index (κ1) is 8.29. The Bertz CT molecular complexity index is 655. The summed E-state index contributed by atoms with van der Waals surface area (Å²) in [6, 6.07) is 9.51. The van der Waals surface area contributed by atoms with Crippen molar-refractivity contribution in [3.63, 3.8) is 0 Å². The fourth-order valence-electron chi connectivity index (χ4n) is 1.96. The van der Waals surface area contributed by atoms with E-state index in [-0.39, 0.29) is 0 Å². The van der Waals surface area contributed by atoms with E-state index >= 15 is 0 Å². The molecule has 2 N–H and O–H groups in total. The Kier molecular flexibility index (Phi) is 1.51. The van der Waals surface area contributed by atoms with Gasteiger partial charge in [0, 0.05) is 16.2 Å². The SMILES string of the molecule is Cc1n[nH]c2c1cc(O)c1ccccc12. The van der Waals surface area contributed by atoms with Crippen LogP contribution in [-0.2, 0) is 0 Å². The quantitative estimate of drug-likeness (QED) is 0.583. The summed E-state index contributed by atoms with van der Waals surface area (Å²) in [6.45, 7) is 1.92. The number of aromatic nitrogens is 2. The molecule has 0 spiro atoms. The first-order valence-electron chi connectivity index (χ1n) is 4.83. The van der Waals surface area contributed by atoms with Gasteiger partial charge in [-0.15, -0.1) is 0 Å². The lowest BCUT2D eigenvalue weighted by Crippen LogP contribution is -1.77. The summed E-state index contributed by atoms with van der Waals surface area (Å²) >= 11 is 0. The molecule has 3 aromatic rings. The number of benzene rings is 2. The van der Waals surface area contributed by atoms with Crippen LogP contribution in [0.25, 0.3) is 21.7 Å². The van der Waals surface area contributed by atoms with Crippen LogP contribution in [-0.4, -0.2) is 15.3 Å². The molecule has 3 rings (SSSR count). The Labute approximate surface area is 86.4 Å². The highest BCUT2D eigenvalue weighted by Gasteiger charge is 2.08. The molecule has 74 valence electrons. The van der Waals surface area contributed by atoms with E-state index in [1.165, 1.54) is 0 Å². The number of phenolic OH excluding ortho intramolecular Hbond substituents is 1. The van der Waals surface area contributed by atoms with E-state index in [9.17, 15) is 5.11 Å². The van der Waals surface area contributed by atoms with E-state index in [1.807, 2.05) is 31.2 Å². The van der Waals surface area contributed by atoms with Crippen molar-refractivity contribution in [3.05, 3.63) is 36.0 Å². The molecule has 0 fully saturated rings. The fraction of sp³-hybridized carbons (Fsp3) is 0.0833. The first-order valence-corrected chi connectivity index (χ1v) is 4.83. The minimum absolute atomic E-state index is 0.308. The second-order valence-electron chi connectivity index (χ2n) is 3.67. The van der Waals surface area contributed by atoms with Crippen LogP contribution in [0.15, 0.2) is 30.3 Å². The second kappa shape index (κ2) is 2.73. The Balaban J connectivity index is 2.65. The van der Waals surface area contributed by atoms with Gasteiger partial charge in [-0.1, -0.05) is 24.3 Å². The van der Waals surface area contributed by atoms with Crippen LogP contribution in [0.3, 0.4) is 0 Å². The van der Waals surface area contributed by atoms with Gasteiger partial charge < -0.3 is 5.11 Å². The lowest BCUT2D eigenvalue weighted by Gasteiger charge is -2.01. The third kappa shape index (κ3) is 1.03. The van der Waals surface area contributed by atoms with Crippen molar-refractivity contribution in [1.29, 1.82) is 0 Å². The van der Waals surface area contributed by atoms with Gasteiger partial charge in [0.1, 0.15) is 5.75 Å². The van der Waals surface area contributed by atoms with Crippen molar-refractivity contribution in [2.75, 3.05) is 0 Å².